The minimum absolute atomic E-state index is 0.208. The summed E-state index contributed by atoms with van der Waals surface area (Å²) < 4.78 is 17.2. The number of aromatic nitrogens is 1. The Balaban J connectivity index is 2.45. The van der Waals surface area contributed by atoms with E-state index in [2.05, 4.69) is 4.98 Å². The molecule has 1 saturated heterocycles. The van der Waals surface area contributed by atoms with E-state index in [1.807, 2.05) is 27.7 Å². The Hall–Kier alpha value is -1.60. The fourth-order valence-electron chi connectivity index (χ4n) is 2.01. The summed E-state index contributed by atoms with van der Waals surface area (Å²) in [6.45, 7) is 7.80. The number of ether oxygens (including phenoxy) is 1. The Morgan fingerprint density at radius 3 is 2.25 bits per heavy atom. The summed E-state index contributed by atoms with van der Waals surface area (Å²) in [4.78, 5) is 15.4. The molecule has 2 heterocycles. The number of nitrogens with two attached hydrogens (primary N) is 1. The second-order valence-electron chi connectivity index (χ2n) is 5.76. The van der Waals surface area contributed by atoms with Crippen molar-refractivity contribution in [1.29, 1.82) is 0 Å². The number of carbonyl (C=O) groups is 1. The number of primary amides is 1. The number of hydrogen-bond acceptors (Lipinski definition) is 5. The quantitative estimate of drug-likeness (QED) is 0.813. The highest BCUT2D eigenvalue weighted by Gasteiger charge is 2.52. The van der Waals surface area contributed by atoms with Crippen LogP contribution in [0, 0.1) is 0 Å². The van der Waals surface area contributed by atoms with E-state index in [0.29, 0.717) is 11.2 Å². The Labute approximate surface area is 118 Å². The molecule has 0 bridgehead atoms. The van der Waals surface area contributed by atoms with Crippen molar-refractivity contribution in [2.75, 3.05) is 7.11 Å². The van der Waals surface area contributed by atoms with Gasteiger partial charge in [0.2, 0.25) is 0 Å². The first-order valence-corrected chi connectivity index (χ1v) is 6.37. The monoisotopic (exact) mass is 278 g/mol. The second kappa shape index (κ2) is 4.75. The van der Waals surface area contributed by atoms with Crippen LogP contribution in [0.15, 0.2) is 12.4 Å². The maximum atomic E-state index is 11.4. The molecule has 7 heteroatoms. The number of nitrogens with zero attached hydrogens (tertiary/aromatic N) is 1. The minimum Gasteiger partial charge on any atom is -0.496 e. The Morgan fingerprint density at radius 2 is 1.80 bits per heavy atom. The average molecular weight is 278 g/mol. The minimum atomic E-state index is -0.651. The lowest BCUT2D eigenvalue weighted by atomic mass is 9.78. The lowest BCUT2D eigenvalue weighted by Crippen LogP contribution is -2.41. The molecule has 6 nitrogen and oxygen atoms in total. The summed E-state index contributed by atoms with van der Waals surface area (Å²) >= 11 is 0. The standard InChI is InChI=1S/C13H19BN2O4/c1-12(2)13(3,4)20-14(19-12)9-7-16-6-8(11(15)17)10(9)18-5/h6-7H,1-5H3,(H2,15,17). The van der Waals surface area contributed by atoms with E-state index >= 15 is 0 Å². The normalized spacial score (nSPS) is 19.9. The number of hydrogen-bond donors (Lipinski definition) is 1. The highest BCUT2D eigenvalue weighted by Crippen LogP contribution is 2.37. The zero-order valence-corrected chi connectivity index (χ0v) is 12.4. The number of rotatable bonds is 3. The first kappa shape index (κ1) is 14.8. The van der Waals surface area contributed by atoms with E-state index < -0.39 is 24.2 Å². The molecule has 1 amide bonds. The van der Waals surface area contributed by atoms with E-state index in [0.717, 1.165) is 0 Å². The molecule has 20 heavy (non-hydrogen) atoms. The molecule has 1 aromatic rings. The van der Waals surface area contributed by atoms with E-state index in [1.165, 1.54) is 13.3 Å². The highest BCUT2D eigenvalue weighted by atomic mass is 16.7. The molecule has 108 valence electrons. The Morgan fingerprint density at radius 1 is 1.25 bits per heavy atom. The fourth-order valence-corrected chi connectivity index (χ4v) is 2.01. The number of pyridine rings is 1. The highest BCUT2D eigenvalue weighted by molar-refractivity contribution is 6.63. The molecule has 1 aliphatic heterocycles. The van der Waals surface area contributed by atoms with Crippen molar-refractivity contribution in [2.45, 2.75) is 38.9 Å². The molecule has 0 unspecified atom stereocenters. The topological polar surface area (TPSA) is 83.7 Å². The van der Waals surface area contributed by atoms with Crippen LogP contribution < -0.4 is 15.9 Å². The molecule has 1 fully saturated rings. The van der Waals surface area contributed by atoms with Gasteiger partial charge >= 0.3 is 7.12 Å². The van der Waals surface area contributed by atoms with Crippen LogP contribution in [0.5, 0.6) is 5.75 Å². The maximum absolute atomic E-state index is 11.4. The molecule has 0 radical (unpaired) electrons. The number of amides is 1. The van der Waals surface area contributed by atoms with Crippen LogP contribution in [0.4, 0.5) is 0 Å². The van der Waals surface area contributed by atoms with Crippen molar-refractivity contribution in [1.82, 2.24) is 4.98 Å². The van der Waals surface area contributed by atoms with Crippen molar-refractivity contribution in [3.63, 3.8) is 0 Å². The van der Waals surface area contributed by atoms with Crippen molar-refractivity contribution in [3.8, 4) is 5.75 Å². The number of carbonyl (C=O) groups excluding carboxylic acids is 1. The predicted octanol–water partition coefficient (Wildman–Crippen LogP) is 0.488. The van der Waals surface area contributed by atoms with Gasteiger partial charge in [0.1, 0.15) is 5.75 Å². The summed E-state index contributed by atoms with van der Waals surface area (Å²) in [5.74, 6) is -0.265. The first-order chi connectivity index (χ1) is 9.19. The van der Waals surface area contributed by atoms with Crippen molar-refractivity contribution >= 4 is 18.5 Å². The lowest BCUT2D eigenvalue weighted by Gasteiger charge is -2.32. The van der Waals surface area contributed by atoms with Gasteiger partial charge in [-0.25, -0.2) is 0 Å². The summed E-state index contributed by atoms with van der Waals surface area (Å²) in [6, 6.07) is 0. The number of methoxy groups -OCH3 is 1. The van der Waals surface area contributed by atoms with E-state index in [-0.39, 0.29) is 5.56 Å². The molecule has 1 aliphatic rings. The lowest BCUT2D eigenvalue weighted by molar-refractivity contribution is 0.00578. The molecule has 0 aromatic carbocycles. The molecule has 0 atom stereocenters. The third-order valence-corrected chi connectivity index (χ3v) is 3.90. The summed E-state index contributed by atoms with van der Waals surface area (Å²) in [7, 11) is 0.818. The molecule has 2 rings (SSSR count). The van der Waals surface area contributed by atoms with Crippen molar-refractivity contribution in [3.05, 3.63) is 18.0 Å². The fraction of sp³-hybridized carbons (Fsp3) is 0.538. The molecule has 0 spiro atoms. The van der Waals surface area contributed by atoms with Crippen LogP contribution in [0.3, 0.4) is 0 Å². The van der Waals surface area contributed by atoms with Gasteiger partial charge in [-0.05, 0) is 27.7 Å². The largest absolute Gasteiger partial charge is 0.500 e. The summed E-state index contributed by atoms with van der Waals surface area (Å²) in [5.41, 5.74) is 5.13. The van der Waals surface area contributed by atoms with Crippen molar-refractivity contribution < 1.29 is 18.8 Å². The van der Waals surface area contributed by atoms with Gasteiger partial charge in [0.25, 0.3) is 5.91 Å². The second-order valence-corrected chi connectivity index (χ2v) is 5.76. The van der Waals surface area contributed by atoms with Gasteiger partial charge < -0.3 is 19.8 Å². The van der Waals surface area contributed by atoms with Crippen LogP contribution >= 0.6 is 0 Å². The van der Waals surface area contributed by atoms with Gasteiger partial charge in [0.05, 0.1) is 23.9 Å². The third-order valence-electron chi connectivity index (χ3n) is 3.90. The van der Waals surface area contributed by atoms with Crippen LogP contribution in [0.25, 0.3) is 0 Å². The molecule has 0 saturated carbocycles. The molecule has 1 aromatic heterocycles. The van der Waals surface area contributed by atoms with E-state index in [4.69, 9.17) is 19.8 Å². The van der Waals surface area contributed by atoms with Crippen LogP contribution in [-0.2, 0) is 9.31 Å². The zero-order valence-electron chi connectivity index (χ0n) is 12.4. The Kier molecular flexibility index (Phi) is 3.52. The first-order valence-electron chi connectivity index (χ1n) is 6.37. The smallest absolute Gasteiger partial charge is 0.496 e. The van der Waals surface area contributed by atoms with Gasteiger partial charge in [-0.3, -0.25) is 9.78 Å². The van der Waals surface area contributed by atoms with Gasteiger partial charge in [0.15, 0.2) is 0 Å². The average Bonchev–Trinajstić information content (AvgIpc) is 2.57. The van der Waals surface area contributed by atoms with Gasteiger partial charge in [-0.15, -0.1) is 0 Å². The van der Waals surface area contributed by atoms with Gasteiger partial charge in [0, 0.05) is 17.9 Å². The maximum Gasteiger partial charge on any atom is 0.500 e. The SMILES string of the molecule is COc1c(B2OC(C)(C)C(C)(C)O2)cncc1C(N)=O. The molecule has 0 aliphatic carbocycles. The molecular formula is C13H19BN2O4. The van der Waals surface area contributed by atoms with Crippen LogP contribution in [0.2, 0.25) is 0 Å². The zero-order chi connectivity index (χ0) is 15.1. The third kappa shape index (κ3) is 2.27. The predicted molar refractivity (Wildman–Crippen MR) is 75.0 cm³/mol. The van der Waals surface area contributed by atoms with Gasteiger partial charge in [-0.2, -0.15) is 0 Å². The van der Waals surface area contributed by atoms with E-state index in [9.17, 15) is 4.79 Å². The van der Waals surface area contributed by atoms with Crippen molar-refractivity contribution in [2.24, 2.45) is 5.73 Å². The molecular weight excluding hydrogens is 259 g/mol. The summed E-state index contributed by atoms with van der Waals surface area (Å²) in [5, 5.41) is 0. The van der Waals surface area contributed by atoms with Crippen LogP contribution in [-0.4, -0.2) is 36.3 Å². The van der Waals surface area contributed by atoms with Gasteiger partial charge in [-0.1, -0.05) is 0 Å². The van der Waals surface area contributed by atoms with Crippen LogP contribution in [0.1, 0.15) is 38.1 Å². The molecule has 2 N–H and O–H groups in total. The Bertz CT molecular complexity index is 529. The summed E-state index contributed by atoms with van der Waals surface area (Å²) in [6.07, 6.45) is 2.93. The van der Waals surface area contributed by atoms with E-state index in [1.54, 1.807) is 6.20 Å².